The molecule has 0 aromatic heterocycles. The summed E-state index contributed by atoms with van der Waals surface area (Å²) >= 11 is 0. The van der Waals surface area contributed by atoms with E-state index in [0.29, 0.717) is 0 Å². The molecule has 0 aliphatic heterocycles. The molecule has 0 saturated heterocycles. The fraction of sp³-hybridized carbons (Fsp3) is 0.545. The molecule has 1 N–H and O–H groups in total. The standard InChI is InChI=1S/C4H8.C4H6.C2H3O.CH4O.Y/c2*1-3-4-2;1-2-3;1-2;/h3-4H,1-2H3;1-2H3;1H3;2H,1H3;/q;;-1;;. The van der Waals surface area contributed by atoms with Crippen molar-refractivity contribution in [1.82, 2.24) is 0 Å². The van der Waals surface area contributed by atoms with Gasteiger partial charge in [-0.15, -0.1) is 11.8 Å². The molecule has 0 aromatic rings. The molecule has 3 heteroatoms. The maximum absolute atomic E-state index is 8.68. The molecule has 0 atom stereocenters. The fourth-order valence-electron chi connectivity index (χ4n) is 0. The summed E-state index contributed by atoms with van der Waals surface area (Å²) in [7, 11) is 1.00. The number of aliphatic hydroxyl groups excluding tert-OH is 1. The van der Waals surface area contributed by atoms with E-state index in [1.165, 1.54) is 13.2 Å². The van der Waals surface area contributed by atoms with Crippen molar-refractivity contribution in [3.8, 4) is 11.8 Å². The summed E-state index contributed by atoms with van der Waals surface area (Å²) in [5.74, 6) is 5.36. The van der Waals surface area contributed by atoms with Crippen LogP contribution in [0.25, 0.3) is 0 Å². The van der Waals surface area contributed by atoms with Gasteiger partial charge in [0, 0.05) is 39.8 Å². The van der Waals surface area contributed by atoms with Gasteiger partial charge in [-0.2, -0.15) is 6.92 Å². The Bertz CT molecular complexity index is 122. The number of aliphatic hydroxyl groups is 1. The minimum Gasteiger partial charge on any atom is -0.542 e. The zero-order chi connectivity index (χ0) is 11.5. The van der Waals surface area contributed by atoms with Crippen LogP contribution in [0.1, 0.15) is 34.6 Å². The Morgan fingerprint density at radius 2 is 1.21 bits per heavy atom. The largest absolute Gasteiger partial charge is 0.542 e. The van der Waals surface area contributed by atoms with Crippen LogP contribution in [-0.4, -0.2) is 18.5 Å². The van der Waals surface area contributed by atoms with Crippen LogP contribution in [0, 0.1) is 11.8 Å². The van der Waals surface area contributed by atoms with Crippen LogP contribution in [0.15, 0.2) is 12.2 Å². The number of allylic oxidation sites excluding steroid dienone is 2. The number of carbonyl (C=O) groups excluding carboxylic acids is 1. The van der Waals surface area contributed by atoms with Crippen molar-refractivity contribution >= 4 is 6.29 Å². The average Bonchev–Trinajstić information content (AvgIpc) is 2.22. The Hall–Kier alpha value is 0.0339. The van der Waals surface area contributed by atoms with Gasteiger partial charge in [-0.3, -0.25) is 6.29 Å². The van der Waals surface area contributed by atoms with Crippen LogP contribution in [-0.2, 0) is 37.5 Å². The topological polar surface area (TPSA) is 37.3 Å². The molecule has 81 valence electrons. The van der Waals surface area contributed by atoms with Gasteiger partial charge < -0.3 is 9.90 Å². The molecule has 0 aromatic carbocycles. The molecule has 0 rings (SSSR count). The first-order valence-electron chi connectivity index (χ1n) is 3.89. The first-order chi connectivity index (χ1) is 6.24. The van der Waals surface area contributed by atoms with Crippen LogP contribution < -0.4 is 0 Å². The quantitative estimate of drug-likeness (QED) is 0.418. The molecule has 2 nitrogen and oxygen atoms in total. The third-order valence-corrected chi connectivity index (χ3v) is 0.583. The molecule has 1 radical (unpaired) electrons. The molecule has 0 fully saturated rings. The zero-order valence-corrected chi connectivity index (χ0v) is 12.9. The van der Waals surface area contributed by atoms with Crippen molar-refractivity contribution in [3.05, 3.63) is 12.2 Å². The summed E-state index contributed by atoms with van der Waals surface area (Å²) < 4.78 is 0. The molecule has 0 spiro atoms. The number of hydrogen-bond donors (Lipinski definition) is 1. The van der Waals surface area contributed by atoms with Crippen molar-refractivity contribution in [2.75, 3.05) is 7.11 Å². The van der Waals surface area contributed by atoms with Crippen molar-refractivity contribution in [2.45, 2.75) is 34.6 Å². The van der Waals surface area contributed by atoms with Crippen molar-refractivity contribution in [2.24, 2.45) is 0 Å². The Kier molecular flexibility index (Phi) is 155. The first kappa shape index (κ1) is 29.2. The molecule has 0 saturated carbocycles. The number of hydrogen-bond acceptors (Lipinski definition) is 2. The zero-order valence-electron chi connectivity index (χ0n) is 10.1. The summed E-state index contributed by atoms with van der Waals surface area (Å²) in [4.78, 5) is 8.68. The van der Waals surface area contributed by atoms with Gasteiger partial charge >= 0.3 is 0 Å². The Morgan fingerprint density at radius 3 is 1.21 bits per heavy atom. The van der Waals surface area contributed by atoms with E-state index in [4.69, 9.17) is 9.90 Å². The third kappa shape index (κ3) is 354. The summed E-state index contributed by atoms with van der Waals surface area (Å²) in [6.45, 7) is 8.96. The van der Waals surface area contributed by atoms with E-state index in [2.05, 4.69) is 11.8 Å². The van der Waals surface area contributed by atoms with Crippen LogP contribution in [0.2, 0.25) is 0 Å². The molecular weight excluding hydrogens is 253 g/mol. The SMILES string of the molecule is CC#CC.CC=CC.CO.C[C-]=O.[Y]. The Balaban J connectivity index is -0.0000000260. The van der Waals surface area contributed by atoms with Crippen LogP contribution in [0.5, 0.6) is 0 Å². The van der Waals surface area contributed by atoms with Crippen molar-refractivity contribution in [1.29, 1.82) is 0 Å². The summed E-state index contributed by atoms with van der Waals surface area (Å²) in [6.07, 6.45) is 5.50. The Morgan fingerprint density at radius 1 is 1.07 bits per heavy atom. The smallest absolute Gasteiger partial charge is 0.0319 e. The van der Waals surface area contributed by atoms with Gasteiger partial charge in [0.15, 0.2) is 0 Å². The van der Waals surface area contributed by atoms with Crippen molar-refractivity contribution < 1.29 is 42.6 Å². The fourth-order valence-corrected chi connectivity index (χ4v) is 0. The van der Waals surface area contributed by atoms with Crippen LogP contribution in [0.3, 0.4) is 0 Å². The molecule has 0 heterocycles. The van der Waals surface area contributed by atoms with Gasteiger partial charge in [0.25, 0.3) is 0 Å². The maximum Gasteiger partial charge on any atom is 0.0319 e. The van der Waals surface area contributed by atoms with Gasteiger partial charge in [0.1, 0.15) is 0 Å². The molecule has 0 aliphatic rings. The molecule has 0 unspecified atom stereocenters. The molecule has 0 bridgehead atoms. The minimum absolute atomic E-state index is 0. The van der Waals surface area contributed by atoms with E-state index in [0.717, 1.165) is 7.11 Å². The number of rotatable bonds is 0. The monoisotopic (exact) mass is 274 g/mol. The van der Waals surface area contributed by atoms with Gasteiger partial charge in [-0.25, -0.2) is 0 Å². The normalized spacial score (nSPS) is 5.07. The predicted octanol–water partition coefficient (Wildman–Crippen LogP) is 2.33. The first-order valence-corrected chi connectivity index (χ1v) is 3.89. The second kappa shape index (κ2) is 74.5. The van der Waals surface area contributed by atoms with E-state index < -0.39 is 0 Å². The van der Waals surface area contributed by atoms with Gasteiger partial charge in [-0.1, -0.05) is 12.2 Å². The van der Waals surface area contributed by atoms with Gasteiger partial charge in [0.05, 0.1) is 0 Å². The van der Waals surface area contributed by atoms with E-state index >= 15 is 0 Å². The van der Waals surface area contributed by atoms with Crippen LogP contribution >= 0.6 is 0 Å². The van der Waals surface area contributed by atoms with E-state index in [9.17, 15) is 0 Å². The molecular formula is C11H21O2Y-. The third-order valence-electron chi connectivity index (χ3n) is 0.583. The van der Waals surface area contributed by atoms with Gasteiger partial charge in [0.2, 0.25) is 0 Å². The summed E-state index contributed by atoms with van der Waals surface area (Å²) in [6, 6.07) is 0. The summed E-state index contributed by atoms with van der Waals surface area (Å²) in [5, 5.41) is 7.00. The maximum atomic E-state index is 8.68. The van der Waals surface area contributed by atoms with Crippen molar-refractivity contribution in [3.63, 3.8) is 0 Å². The van der Waals surface area contributed by atoms with E-state index in [-0.39, 0.29) is 32.7 Å². The second-order valence-corrected chi connectivity index (χ2v) is 1.37. The van der Waals surface area contributed by atoms with E-state index in [1.54, 1.807) is 0 Å². The predicted molar refractivity (Wildman–Crippen MR) is 59.1 cm³/mol. The van der Waals surface area contributed by atoms with E-state index in [1.807, 2.05) is 39.8 Å². The summed E-state index contributed by atoms with van der Waals surface area (Å²) in [5.41, 5.74) is 0. The molecule has 0 amide bonds. The second-order valence-electron chi connectivity index (χ2n) is 1.37. The molecule has 14 heavy (non-hydrogen) atoms. The Labute approximate surface area is 114 Å². The average molecular weight is 274 g/mol. The van der Waals surface area contributed by atoms with Gasteiger partial charge in [-0.05, 0) is 27.7 Å². The molecule has 0 aliphatic carbocycles. The minimum atomic E-state index is 0. The van der Waals surface area contributed by atoms with Crippen LogP contribution in [0.4, 0.5) is 0 Å².